The summed E-state index contributed by atoms with van der Waals surface area (Å²) >= 11 is 8.26. The molecule has 1 unspecified atom stereocenters. The maximum atomic E-state index is 12.8. The van der Waals surface area contributed by atoms with Crippen molar-refractivity contribution in [3.63, 3.8) is 0 Å². The van der Waals surface area contributed by atoms with Crippen LogP contribution in [0.2, 0.25) is 5.02 Å². The van der Waals surface area contributed by atoms with Crippen molar-refractivity contribution in [1.29, 1.82) is 0 Å². The number of fused-ring (bicyclic) bond motifs is 1. The Bertz CT molecular complexity index is 751. The average molecular weight is 364 g/mol. The van der Waals surface area contributed by atoms with Gasteiger partial charge in [0.05, 0.1) is 11.1 Å². The summed E-state index contributed by atoms with van der Waals surface area (Å²) in [6.07, 6.45) is 5.01. The van der Waals surface area contributed by atoms with Gasteiger partial charge in [0.15, 0.2) is 0 Å². The van der Waals surface area contributed by atoms with Crippen molar-refractivity contribution in [2.45, 2.75) is 50.7 Å². The lowest BCUT2D eigenvalue weighted by Crippen LogP contribution is -2.41. The van der Waals surface area contributed by atoms with E-state index in [1.54, 1.807) is 11.3 Å². The van der Waals surface area contributed by atoms with E-state index in [2.05, 4.69) is 11.0 Å². The highest BCUT2D eigenvalue weighted by Gasteiger charge is 2.37. The molecule has 1 atom stereocenters. The van der Waals surface area contributed by atoms with Gasteiger partial charge in [-0.15, -0.1) is 11.3 Å². The molecule has 2 heterocycles. The Kier molecular flexibility index (Phi) is 4.54. The number of rotatable bonds is 3. The van der Waals surface area contributed by atoms with E-state index in [1.807, 2.05) is 18.2 Å². The maximum Gasteiger partial charge on any atom is 0.226 e. The molecule has 2 aliphatic rings. The van der Waals surface area contributed by atoms with Crippen LogP contribution in [0.4, 0.5) is 0 Å². The quantitative estimate of drug-likeness (QED) is 0.885. The molecule has 1 N–H and O–H groups in total. The van der Waals surface area contributed by atoms with Crippen LogP contribution in [0.3, 0.4) is 0 Å². The second-order valence-corrected chi connectivity index (χ2v) is 8.53. The van der Waals surface area contributed by atoms with Crippen LogP contribution in [0.1, 0.15) is 37.0 Å². The van der Waals surface area contributed by atoms with Gasteiger partial charge in [0.25, 0.3) is 0 Å². The van der Waals surface area contributed by atoms with E-state index in [4.69, 9.17) is 11.6 Å². The highest BCUT2D eigenvalue weighted by molar-refractivity contribution is 7.19. The first-order chi connectivity index (χ1) is 11.6. The zero-order valence-electron chi connectivity index (χ0n) is 13.6. The van der Waals surface area contributed by atoms with Crippen LogP contribution < -0.4 is 0 Å². The summed E-state index contributed by atoms with van der Waals surface area (Å²) in [5.74, 6) is 0.340. The van der Waals surface area contributed by atoms with Gasteiger partial charge in [0, 0.05) is 33.5 Å². The molecule has 0 bridgehead atoms. The number of carbonyl (C=O) groups is 1. The average Bonchev–Trinajstić information content (AvgIpc) is 3.11. The van der Waals surface area contributed by atoms with Crippen molar-refractivity contribution in [2.24, 2.45) is 5.92 Å². The van der Waals surface area contributed by atoms with E-state index in [-0.39, 0.29) is 17.9 Å². The second-order valence-electron chi connectivity index (χ2n) is 7.02. The lowest BCUT2D eigenvalue weighted by Gasteiger charge is -2.33. The third-order valence-corrected chi connectivity index (χ3v) is 7.23. The summed E-state index contributed by atoms with van der Waals surface area (Å²) in [5, 5.41) is 11.6. The predicted octanol–water partition coefficient (Wildman–Crippen LogP) is 4.25. The first kappa shape index (κ1) is 16.4. The van der Waals surface area contributed by atoms with Gasteiger partial charge in [-0.1, -0.05) is 29.8 Å². The third kappa shape index (κ3) is 2.96. The number of halogens is 1. The van der Waals surface area contributed by atoms with E-state index in [1.165, 1.54) is 4.70 Å². The first-order valence-electron chi connectivity index (χ1n) is 8.78. The van der Waals surface area contributed by atoms with Gasteiger partial charge in [-0.2, -0.15) is 0 Å². The number of thiophene rings is 1. The predicted molar refractivity (Wildman–Crippen MR) is 98.6 cm³/mol. The fourth-order valence-corrected chi connectivity index (χ4v) is 5.69. The minimum atomic E-state index is -0.174. The minimum Gasteiger partial charge on any atom is -0.393 e. The van der Waals surface area contributed by atoms with E-state index >= 15 is 0 Å². The molecule has 24 heavy (non-hydrogen) atoms. The molecule has 1 aliphatic heterocycles. The number of likely N-dealkylation sites (tertiary alicyclic amines) is 1. The highest BCUT2D eigenvalue weighted by atomic mass is 35.5. The number of benzene rings is 1. The molecule has 1 aromatic carbocycles. The van der Waals surface area contributed by atoms with E-state index in [0.717, 1.165) is 60.4 Å². The summed E-state index contributed by atoms with van der Waals surface area (Å²) in [6.45, 7) is 0.854. The van der Waals surface area contributed by atoms with Gasteiger partial charge in [0.1, 0.15) is 0 Å². The Morgan fingerprint density at radius 2 is 1.92 bits per heavy atom. The maximum absolute atomic E-state index is 12.8. The number of carbonyl (C=O) groups excluding carboxylic acids is 1. The van der Waals surface area contributed by atoms with Gasteiger partial charge in [-0.05, 0) is 44.6 Å². The topological polar surface area (TPSA) is 40.5 Å². The molecule has 5 heteroatoms. The van der Waals surface area contributed by atoms with Crippen LogP contribution in [-0.2, 0) is 11.2 Å². The standard InChI is InChI=1S/C19H22ClNO2S/c20-18-15-3-1-2-4-16(15)24-17(18)11-12-9-10-21(19(12)23)13-5-7-14(22)8-6-13/h1-4,12-14,22H,5-11H2. The van der Waals surface area contributed by atoms with Gasteiger partial charge in [-0.3, -0.25) is 4.79 Å². The van der Waals surface area contributed by atoms with E-state index in [9.17, 15) is 9.90 Å². The first-order valence-corrected chi connectivity index (χ1v) is 9.97. The SMILES string of the molecule is O=C1C(Cc2sc3ccccc3c2Cl)CCN1C1CCC(O)CC1. The Morgan fingerprint density at radius 3 is 2.67 bits per heavy atom. The molecule has 2 fully saturated rings. The van der Waals surface area contributed by atoms with Crippen molar-refractivity contribution in [3.05, 3.63) is 34.2 Å². The summed E-state index contributed by atoms with van der Waals surface area (Å²) in [7, 11) is 0. The molecule has 1 saturated heterocycles. The minimum absolute atomic E-state index is 0.0578. The zero-order chi connectivity index (χ0) is 16.7. The van der Waals surface area contributed by atoms with Gasteiger partial charge in [-0.25, -0.2) is 0 Å². The lowest BCUT2D eigenvalue weighted by molar-refractivity contribution is -0.133. The second kappa shape index (κ2) is 6.66. The number of amides is 1. The van der Waals surface area contributed by atoms with Crippen LogP contribution in [0, 0.1) is 5.92 Å². The number of aliphatic hydroxyl groups excluding tert-OH is 1. The monoisotopic (exact) mass is 363 g/mol. The molecule has 0 spiro atoms. The van der Waals surface area contributed by atoms with E-state index in [0.29, 0.717) is 6.04 Å². The molecule has 1 aliphatic carbocycles. The highest BCUT2D eigenvalue weighted by Crippen LogP contribution is 2.38. The number of nitrogens with zero attached hydrogens (tertiary/aromatic N) is 1. The molecular weight excluding hydrogens is 342 g/mol. The molecule has 1 amide bonds. The van der Waals surface area contributed by atoms with Crippen LogP contribution in [0.25, 0.3) is 10.1 Å². The van der Waals surface area contributed by atoms with Crippen molar-refractivity contribution < 1.29 is 9.90 Å². The lowest BCUT2D eigenvalue weighted by atomic mass is 9.92. The molecule has 3 nitrogen and oxygen atoms in total. The largest absolute Gasteiger partial charge is 0.393 e. The number of hydrogen-bond donors (Lipinski definition) is 1. The van der Waals surface area contributed by atoms with Crippen molar-refractivity contribution in [3.8, 4) is 0 Å². The molecular formula is C19H22ClNO2S. The van der Waals surface area contributed by atoms with E-state index < -0.39 is 0 Å². The van der Waals surface area contributed by atoms with Crippen molar-refractivity contribution >= 4 is 38.9 Å². The van der Waals surface area contributed by atoms with Crippen molar-refractivity contribution in [1.82, 2.24) is 4.90 Å². The molecule has 4 rings (SSSR count). The number of aliphatic hydroxyl groups is 1. The Hall–Kier alpha value is -1.10. The fraction of sp³-hybridized carbons (Fsp3) is 0.526. The molecule has 0 radical (unpaired) electrons. The fourth-order valence-electron chi connectivity index (χ4n) is 4.10. The molecule has 128 valence electrons. The van der Waals surface area contributed by atoms with Crippen LogP contribution >= 0.6 is 22.9 Å². The Morgan fingerprint density at radius 1 is 1.17 bits per heavy atom. The number of hydrogen-bond acceptors (Lipinski definition) is 3. The smallest absolute Gasteiger partial charge is 0.226 e. The summed E-state index contributed by atoms with van der Waals surface area (Å²) in [4.78, 5) is 16.0. The summed E-state index contributed by atoms with van der Waals surface area (Å²) in [6, 6.07) is 8.49. The molecule has 2 aromatic rings. The van der Waals surface area contributed by atoms with Gasteiger partial charge in [0.2, 0.25) is 5.91 Å². The van der Waals surface area contributed by atoms with Gasteiger partial charge >= 0.3 is 0 Å². The van der Waals surface area contributed by atoms with Crippen LogP contribution in [0.5, 0.6) is 0 Å². The van der Waals surface area contributed by atoms with Crippen LogP contribution in [0.15, 0.2) is 24.3 Å². The zero-order valence-corrected chi connectivity index (χ0v) is 15.2. The molecule has 1 aromatic heterocycles. The summed E-state index contributed by atoms with van der Waals surface area (Å²) in [5.41, 5.74) is 0. The van der Waals surface area contributed by atoms with Crippen LogP contribution in [-0.4, -0.2) is 34.6 Å². The Balaban J connectivity index is 1.47. The third-order valence-electron chi connectivity index (χ3n) is 5.49. The van der Waals surface area contributed by atoms with Crippen molar-refractivity contribution in [2.75, 3.05) is 6.54 Å². The van der Waals surface area contributed by atoms with Gasteiger partial charge < -0.3 is 10.0 Å². The normalized spacial score (nSPS) is 28.0. The Labute approximate surface area is 151 Å². The summed E-state index contributed by atoms with van der Waals surface area (Å²) < 4.78 is 1.20. The molecule has 1 saturated carbocycles.